The van der Waals surface area contributed by atoms with Gasteiger partial charge in [-0.25, -0.2) is 15.4 Å². The normalized spacial score (nSPS) is 22.1. The Hall–Kier alpha value is -1.43. The SMILES string of the molecule is Cc1cc(C)nc(SCC(=O)N/N=C2\CC(C)CC(C)(C)C2)n1. The van der Waals surface area contributed by atoms with Gasteiger partial charge in [-0.3, -0.25) is 4.79 Å². The number of thioether (sulfide) groups is 1. The Kier molecular flexibility index (Phi) is 5.79. The fourth-order valence-corrected chi connectivity index (χ4v) is 4.00. The van der Waals surface area contributed by atoms with E-state index in [9.17, 15) is 4.79 Å². The topological polar surface area (TPSA) is 67.2 Å². The maximum absolute atomic E-state index is 12.0. The molecule has 1 fully saturated rings. The second kappa shape index (κ2) is 7.43. The summed E-state index contributed by atoms with van der Waals surface area (Å²) in [5, 5.41) is 4.98. The third-order valence-corrected chi connectivity index (χ3v) is 4.65. The predicted octanol–water partition coefficient (Wildman–Crippen LogP) is 3.50. The smallest absolute Gasteiger partial charge is 0.250 e. The molecule has 1 saturated carbocycles. The van der Waals surface area contributed by atoms with E-state index in [1.807, 2.05) is 19.9 Å². The number of amides is 1. The summed E-state index contributed by atoms with van der Waals surface area (Å²) in [7, 11) is 0. The molecule has 0 bridgehead atoms. The summed E-state index contributed by atoms with van der Waals surface area (Å²) >= 11 is 1.34. The number of carbonyl (C=O) groups is 1. The maximum Gasteiger partial charge on any atom is 0.250 e. The first-order valence-electron chi connectivity index (χ1n) is 8.03. The van der Waals surface area contributed by atoms with Crippen molar-refractivity contribution in [3.8, 4) is 0 Å². The number of nitrogens with zero attached hydrogens (tertiary/aromatic N) is 3. The molecular formula is C17H26N4OS. The Morgan fingerprint density at radius 1 is 1.39 bits per heavy atom. The lowest BCUT2D eigenvalue weighted by Crippen LogP contribution is -2.30. The molecule has 126 valence electrons. The average Bonchev–Trinajstić information content (AvgIpc) is 2.39. The van der Waals surface area contributed by atoms with Gasteiger partial charge in [0, 0.05) is 17.1 Å². The van der Waals surface area contributed by atoms with Crippen molar-refractivity contribution in [2.75, 3.05) is 5.75 Å². The summed E-state index contributed by atoms with van der Waals surface area (Å²) in [5.41, 5.74) is 5.87. The minimum absolute atomic E-state index is 0.110. The molecule has 1 aliphatic rings. The fourth-order valence-electron chi connectivity index (χ4n) is 3.26. The van der Waals surface area contributed by atoms with Crippen LogP contribution in [0.25, 0.3) is 0 Å². The van der Waals surface area contributed by atoms with Gasteiger partial charge in [0.2, 0.25) is 0 Å². The van der Waals surface area contributed by atoms with E-state index in [1.165, 1.54) is 18.2 Å². The maximum atomic E-state index is 12.0. The van der Waals surface area contributed by atoms with Crippen LogP contribution in [0.4, 0.5) is 0 Å². The van der Waals surface area contributed by atoms with Gasteiger partial charge in [-0.1, -0.05) is 32.5 Å². The van der Waals surface area contributed by atoms with Crippen LogP contribution in [0, 0.1) is 25.2 Å². The standard InChI is InChI=1S/C17H26N4OS/c1-11-6-14(9-17(4,5)8-11)20-21-15(22)10-23-16-18-12(2)7-13(3)19-16/h7,11H,6,8-10H2,1-5H3,(H,21,22)/b20-14+. The molecule has 0 spiro atoms. The third kappa shape index (κ3) is 5.94. The molecule has 1 atom stereocenters. The molecule has 0 aromatic carbocycles. The van der Waals surface area contributed by atoms with Gasteiger partial charge in [0.1, 0.15) is 0 Å². The van der Waals surface area contributed by atoms with Crippen molar-refractivity contribution in [2.24, 2.45) is 16.4 Å². The van der Waals surface area contributed by atoms with Crippen molar-refractivity contribution in [1.82, 2.24) is 15.4 Å². The largest absolute Gasteiger partial charge is 0.272 e. The third-order valence-electron chi connectivity index (χ3n) is 3.80. The molecule has 23 heavy (non-hydrogen) atoms. The highest BCUT2D eigenvalue weighted by molar-refractivity contribution is 7.99. The van der Waals surface area contributed by atoms with Crippen LogP contribution in [-0.4, -0.2) is 27.3 Å². The number of carbonyl (C=O) groups excluding carboxylic acids is 1. The molecule has 0 aliphatic heterocycles. The number of rotatable bonds is 4. The van der Waals surface area contributed by atoms with E-state index >= 15 is 0 Å². The van der Waals surface area contributed by atoms with Crippen LogP contribution in [0.15, 0.2) is 16.3 Å². The number of aryl methyl sites for hydroxylation is 2. The first-order valence-corrected chi connectivity index (χ1v) is 9.01. The van der Waals surface area contributed by atoms with Crippen molar-refractivity contribution < 1.29 is 4.79 Å². The van der Waals surface area contributed by atoms with Crippen LogP contribution >= 0.6 is 11.8 Å². The van der Waals surface area contributed by atoms with Gasteiger partial charge in [-0.05, 0) is 50.5 Å². The van der Waals surface area contributed by atoms with E-state index in [-0.39, 0.29) is 17.1 Å². The van der Waals surface area contributed by atoms with Crippen LogP contribution in [0.5, 0.6) is 0 Å². The zero-order chi connectivity index (χ0) is 17.0. The summed E-state index contributed by atoms with van der Waals surface area (Å²) in [6.07, 6.45) is 3.13. The Balaban J connectivity index is 1.86. The Labute approximate surface area is 142 Å². The lowest BCUT2D eigenvalue weighted by molar-refractivity contribution is -0.118. The molecule has 1 unspecified atom stereocenters. The van der Waals surface area contributed by atoms with Crippen molar-refractivity contribution in [3.05, 3.63) is 17.5 Å². The molecule has 1 aromatic rings. The van der Waals surface area contributed by atoms with E-state index in [0.717, 1.165) is 29.9 Å². The van der Waals surface area contributed by atoms with Gasteiger partial charge >= 0.3 is 0 Å². The molecule has 1 N–H and O–H groups in total. The van der Waals surface area contributed by atoms with Gasteiger partial charge in [0.05, 0.1) is 5.75 Å². The summed E-state index contributed by atoms with van der Waals surface area (Å²) in [4.78, 5) is 20.6. The zero-order valence-corrected chi connectivity index (χ0v) is 15.5. The highest BCUT2D eigenvalue weighted by atomic mass is 32.2. The van der Waals surface area contributed by atoms with Gasteiger partial charge in [0.25, 0.3) is 5.91 Å². The number of hydrazone groups is 1. The second-order valence-corrected chi connectivity index (χ2v) is 8.23. The van der Waals surface area contributed by atoms with Crippen molar-refractivity contribution in [1.29, 1.82) is 0 Å². The zero-order valence-electron chi connectivity index (χ0n) is 14.6. The van der Waals surface area contributed by atoms with Crippen LogP contribution in [0.1, 0.15) is 51.4 Å². The monoisotopic (exact) mass is 334 g/mol. The molecule has 1 amide bonds. The van der Waals surface area contributed by atoms with E-state index in [2.05, 4.69) is 41.3 Å². The quantitative estimate of drug-likeness (QED) is 0.520. The van der Waals surface area contributed by atoms with Crippen LogP contribution in [0.3, 0.4) is 0 Å². The van der Waals surface area contributed by atoms with E-state index in [1.54, 1.807) is 0 Å². The fraction of sp³-hybridized carbons (Fsp3) is 0.647. The van der Waals surface area contributed by atoms with E-state index in [0.29, 0.717) is 11.1 Å². The minimum atomic E-state index is -0.110. The molecular weight excluding hydrogens is 308 g/mol. The summed E-state index contributed by atoms with van der Waals surface area (Å²) in [6.45, 7) is 10.6. The Bertz CT molecular complexity index is 592. The first kappa shape index (κ1) is 17.9. The van der Waals surface area contributed by atoms with E-state index in [4.69, 9.17) is 0 Å². The molecule has 2 rings (SSSR count). The second-order valence-electron chi connectivity index (χ2n) is 7.29. The molecule has 1 aliphatic carbocycles. The molecule has 6 heteroatoms. The molecule has 0 saturated heterocycles. The van der Waals surface area contributed by atoms with E-state index < -0.39 is 0 Å². The van der Waals surface area contributed by atoms with Gasteiger partial charge in [0.15, 0.2) is 5.16 Å². The van der Waals surface area contributed by atoms with Crippen molar-refractivity contribution in [2.45, 2.75) is 59.0 Å². The van der Waals surface area contributed by atoms with Crippen molar-refractivity contribution >= 4 is 23.4 Å². The summed E-state index contributed by atoms with van der Waals surface area (Å²) in [5.74, 6) is 0.784. The number of aromatic nitrogens is 2. The predicted molar refractivity (Wildman–Crippen MR) is 94.6 cm³/mol. The van der Waals surface area contributed by atoms with Gasteiger partial charge in [-0.15, -0.1) is 0 Å². The Morgan fingerprint density at radius 2 is 2.04 bits per heavy atom. The highest BCUT2D eigenvalue weighted by Crippen LogP contribution is 2.36. The van der Waals surface area contributed by atoms with Gasteiger partial charge < -0.3 is 0 Å². The lowest BCUT2D eigenvalue weighted by Gasteiger charge is -2.34. The molecule has 0 radical (unpaired) electrons. The molecule has 1 heterocycles. The number of hydrogen-bond donors (Lipinski definition) is 1. The first-order chi connectivity index (χ1) is 10.7. The van der Waals surface area contributed by atoms with Crippen LogP contribution in [-0.2, 0) is 4.79 Å². The summed E-state index contributed by atoms with van der Waals surface area (Å²) < 4.78 is 0. The minimum Gasteiger partial charge on any atom is -0.272 e. The number of nitrogens with one attached hydrogen (secondary N) is 1. The molecule has 1 aromatic heterocycles. The summed E-state index contributed by atoms with van der Waals surface area (Å²) in [6, 6.07) is 1.92. The number of hydrogen-bond acceptors (Lipinski definition) is 5. The van der Waals surface area contributed by atoms with Crippen LogP contribution < -0.4 is 5.43 Å². The van der Waals surface area contributed by atoms with Crippen LogP contribution in [0.2, 0.25) is 0 Å². The lowest BCUT2D eigenvalue weighted by atomic mass is 9.72. The highest BCUT2D eigenvalue weighted by Gasteiger charge is 2.29. The van der Waals surface area contributed by atoms with Crippen molar-refractivity contribution in [3.63, 3.8) is 0 Å². The molecule has 5 nitrogen and oxygen atoms in total. The average molecular weight is 334 g/mol. The van der Waals surface area contributed by atoms with Gasteiger partial charge in [-0.2, -0.15) is 5.10 Å². The Morgan fingerprint density at radius 3 is 2.65 bits per heavy atom.